The summed E-state index contributed by atoms with van der Waals surface area (Å²) < 4.78 is 53.6. The van der Waals surface area contributed by atoms with E-state index in [0.717, 1.165) is 21.9 Å². The van der Waals surface area contributed by atoms with Gasteiger partial charge in [-0.3, -0.25) is 5.41 Å². The molecule has 0 fully saturated rings. The summed E-state index contributed by atoms with van der Waals surface area (Å²) in [6, 6.07) is 4.16. The largest absolute Gasteiger partial charge is 0.416 e. The summed E-state index contributed by atoms with van der Waals surface area (Å²) in [4.78, 5) is 5.73. The van der Waals surface area contributed by atoms with Crippen LogP contribution >= 0.6 is 34.4 Å². The highest BCUT2D eigenvalue weighted by atomic mass is 32.2. The molecule has 0 aliphatic rings. The third-order valence-corrected chi connectivity index (χ3v) is 6.98. The average Bonchev–Trinajstić information content (AvgIpc) is 3.16. The number of benzene rings is 1. The van der Waals surface area contributed by atoms with E-state index in [4.69, 9.17) is 11.1 Å². The molecule has 0 unspecified atom stereocenters. The van der Waals surface area contributed by atoms with Gasteiger partial charge in [-0.25, -0.2) is 9.37 Å². The number of halogens is 4. The number of rotatable bonds is 4. The van der Waals surface area contributed by atoms with E-state index in [1.165, 1.54) is 34.4 Å². The number of nitrogens with two attached hydrogens (primary N) is 1. The van der Waals surface area contributed by atoms with Crippen molar-refractivity contribution in [2.24, 2.45) is 5.73 Å². The number of nitrogens with zero attached hydrogens (tertiary/aromatic N) is 1. The van der Waals surface area contributed by atoms with Crippen LogP contribution in [-0.2, 0) is 6.18 Å². The Labute approximate surface area is 164 Å². The number of aryl methyl sites for hydroxylation is 1. The average molecular weight is 432 g/mol. The van der Waals surface area contributed by atoms with Gasteiger partial charge in [-0.05, 0) is 37.4 Å². The van der Waals surface area contributed by atoms with Gasteiger partial charge in [-0.2, -0.15) is 13.2 Å². The monoisotopic (exact) mass is 431 g/mol. The maximum Gasteiger partial charge on any atom is 0.416 e. The molecule has 0 radical (unpaired) electrons. The molecule has 1 aromatic carbocycles. The third-order valence-electron chi connectivity index (χ3n) is 3.67. The molecule has 0 aliphatic carbocycles. The highest BCUT2D eigenvalue weighted by Gasteiger charge is 2.32. The van der Waals surface area contributed by atoms with Crippen molar-refractivity contribution in [3.8, 4) is 21.8 Å². The van der Waals surface area contributed by atoms with Gasteiger partial charge in [0.15, 0.2) is 0 Å². The fourth-order valence-corrected chi connectivity index (χ4v) is 5.29. The van der Waals surface area contributed by atoms with Crippen LogP contribution in [0, 0.1) is 18.2 Å². The molecule has 0 saturated heterocycles. The first-order chi connectivity index (χ1) is 12.6. The van der Waals surface area contributed by atoms with E-state index in [2.05, 4.69) is 4.98 Å². The Morgan fingerprint density at radius 2 is 1.89 bits per heavy atom. The van der Waals surface area contributed by atoms with Crippen LogP contribution in [0.3, 0.4) is 0 Å². The number of nitrogens with one attached hydrogen (secondary N) is 1. The van der Waals surface area contributed by atoms with Crippen LogP contribution in [0.15, 0.2) is 28.5 Å². The number of amidine groups is 1. The van der Waals surface area contributed by atoms with Crippen LogP contribution in [-0.4, -0.2) is 17.1 Å². The molecule has 0 atom stereocenters. The van der Waals surface area contributed by atoms with Crippen LogP contribution in [0.25, 0.3) is 21.8 Å². The van der Waals surface area contributed by atoms with Crippen LogP contribution in [0.4, 0.5) is 17.6 Å². The number of nitrogen functional groups attached to an aromatic ring is 1. The van der Waals surface area contributed by atoms with Crippen LogP contribution < -0.4 is 5.73 Å². The zero-order chi connectivity index (χ0) is 19.9. The van der Waals surface area contributed by atoms with Crippen molar-refractivity contribution in [1.82, 2.24) is 4.98 Å². The predicted octanol–water partition coefficient (Wildman–Crippen LogP) is 6.01. The minimum atomic E-state index is -4.64. The minimum absolute atomic E-state index is 0.0602. The number of aromatic nitrogens is 1. The lowest BCUT2D eigenvalue weighted by Crippen LogP contribution is -2.08. The van der Waals surface area contributed by atoms with Crippen LogP contribution in [0.5, 0.6) is 0 Å². The first-order valence-electron chi connectivity index (χ1n) is 7.48. The van der Waals surface area contributed by atoms with Gasteiger partial charge < -0.3 is 5.73 Å². The van der Waals surface area contributed by atoms with Crippen LogP contribution in [0.1, 0.15) is 15.3 Å². The maximum absolute atomic E-state index is 13.8. The van der Waals surface area contributed by atoms with Crippen molar-refractivity contribution in [3.05, 3.63) is 45.4 Å². The molecule has 0 amide bonds. The smallest absolute Gasteiger partial charge is 0.383 e. The van der Waals surface area contributed by atoms with Gasteiger partial charge >= 0.3 is 6.18 Å². The summed E-state index contributed by atoms with van der Waals surface area (Å²) in [6.45, 7) is 1.73. The first kappa shape index (κ1) is 19.8. The van der Waals surface area contributed by atoms with E-state index in [1.54, 1.807) is 13.0 Å². The first-order valence-corrected chi connectivity index (χ1v) is 10.3. The van der Waals surface area contributed by atoms with Gasteiger partial charge in [-0.1, -0.05) is 0 Å². The van der Waals surface area contributed by atoms with Crippen molar-refractivity contribution in [2.45, 2.75) is 17.3 Å². The highest BCUT2D eigenvalue weighted by molar-refractivity contribution is 8.00. The SMILES string of the molecule is CSc1sc(C(=N)N)cc1-c1nc(-c2cc(F)cc(C(F)(F)F)c2)c(C)s1. The van der Waals surface area contributed by atoms with Crippen molar-refractivity contribution < 1.29 is 17.6 Å². The van der Waals surface area contributed by atoms with Gasteiger partial charge in [-0.15, -0.1) is 34.4 Å². The quantitative estimate of drug-likeness (QED) is 0.230. The lowest BCUT2D eigenvalue weighted by Gasteiger charge is -2.08. The van der Waals surface area contributed by atoms with E-state index in [-0.39, 0.29) is 11.4 Å². The molecule has 0 spiro atoms. The van der Waals surface area contributed by atoms with Gasteiger partial charge in [0.2, 0.25) is 0 Å². The number of hydrogen-bond donors (Lipinski definition) is 2. The zero-order valence-corrected chi connectivity index (χ0v) is 16.5. The molecule has 142 valence electrons. The molecule has 3 N–H and O–H groups in total. The number of thiophene rings is 1. The second-order valence-electron chi connectivity index (χ2n) is 5.58. The minimum Gasteiger partial charge on any atom is -0.383 e. The van der Waals surface area contributed by atoms with E-state index in [0.29, 0.717) is 26.5 Å². The van der Waals surface area contributed by atoms with E-state index < -0.39 is 17.6 Å². The standard InChI is InChI=1S/C17H13F4N3S3/c1-7-13(8-3-9(17(19,20)21)5-10(18)4-8)24-15(26-7)11-6-12(14(22)23)27-16(11)25-2/h3-6H,1-2H3,(H3,22,23). The van der Waals surface area contributed by atoms with Crippen molar-refractivity contribution in [3.63, 3.8) is 0 Å². The fraction of sp³-hybridized carbons (Fsp3) is 0.176. The summed E-state index contributed by atoms with van der Waals surface area (Å²) in [6.07, 6.45) is -2.76. The Kier molecular flexibility index (Phi) is 5.33. The number of thiazole rings is 1. The Morgan fingerprint density at radius 1 is 1.19 bits per heavy atom. The van der Waals surface area contributed by atoms with Gasteiger partial charge in [0.25, 0.3) is 0 Å². The Balaban J connectivity index is 2.11. The van der Waals surface area contributed by atoms with E-state index in [9.17, 15) is 17.6 Å². The molecule has 0 bridgehead atoms. The summed E-state index contributed by atoms with van der Waals surface area (Å²) in [5.41, 5.74) is 5.65. The lowest BCUT2D eigenvalue weighted by molar-refractivity contribution is -0.137. The van der Waals surface area contributed by atoms with Crippen molar-refractivity contribution in [2.75, 3.05) is 6.26 Å². The Morgan fingerprint density at radius 3 is 2.48 bits per heavy atom. The molecule has 2 aromatic heterocycles. The molecule has 3 nitrogen and oxygen atoms in total. The van der Waals surface area contributed by atoms with Crippen molar-refractivity contribution in [1.29, 1.82) is 5.41 Å². The highest BCUT2D eigenvalue weighted by Crippen LogP contribution is 2.42. The second-order valence-corrected chi connectivity index (χ2v) is 8.91. The molecular formula is C17H13F4N3S3. The molecular weight excluding hydrogens is 418 g/mol. The Bertz CT molecular complexity index is 1020. The summed E-state index contributed by atoms with van der Waals surface area (Å²) in [5, 5.41) is 8.18. The van der Waals surface area contributed by atoms with Crippen molar-refractivity contribution >= 4 is 40.3 Å². The number of hydrogen-bond acceptors (Lipinski definition) is 5. The molecule has 2 heterocycles. The van der Waals surface area contributed by atoms with E-state index >= 15 is 0 Å². The summed E-state index contributed by atoms with van der Waals surface area (Å²) >= 11 is 4.13. The molecule has 27 heavy (non-hydrogen) atoms. The third kappa shape index (κ3) is 4.02. The molecule has 3 rings (SSSR count). The normalized spacial score (nSPS) is 11.8. The molecule has 0 aliphatic heterocycles. The molecule has 0 saturated carbocycles. The zero-order valence-electron chi connectivity index (χ0n) is 14.1. The number of alkyl halides is 3. The predicted molar refractivity (Wildman–Crippen MR) is 103 cm³/mol. The fourth-order valence-electron chi connectivity index (χ4n) is 2.48. The van der Waals surface area contributed by atoms with E-state index in [1.807, 2.05) is 6.26 Å². The Hall–Kier alpha value is -1.91. The van der Waals surface area contributed by atoms with Gasteiger partial charge in [0.05, 0.1) is 20.3 Å². The lowest BCUT2D eigenvalue weighted by atomic mass is 10.1. The topological polar surface area (TPSA) is 62.8 Å². The summed E-state index contributed by atoms with van der Waals surface area (Å²) in [5.74, 6) is -1.03. The van der Waals surface area contributed by atoms with Gasteiger partial charge in [0.1, 0.15) is 16.7 Å². The molecule has 10 heteroatoms. The maximum atomic E-state index is 13.8. The second kappa shape index (κ2) is 7.25. The molecule has 3 aromatic rings. The number of thioether (sulfide) groups is 1. The summed E-state index contributed by atoms with van der Waals surface area (Å²) in [7, 11) is 0. The van der Waals surface area contributed by atoms with Gasteiger partial charge in [0, 0.05) is 16.0 Å². The van der Waals surface area contributed by atoms with Crippen LogP contribution in [0.2, 0.25) is 0 Å².